The van der Waals surface area contributed by atoms with Crippen molar-refractivity contribution >= 4 is 23.2 Å². The van der Waals surface area contributed by atoms with Gasteiger partial charge in [0.1, 0.15) is 0 Å². The van der Waals surface area contributed by atoms with Crippen LogP contribution in [0.5, 0.6) is 0 Å². The van der Waals surface area contributed by atoms with E-state index in [-0.39, 0.29) is 12.3 Å². The van der Waals surface area contributed by atoms with Crippen LogP contribution in [0.3, 0.4) is 0 Å². The fourth-order valence-corrected chi connectivity index (χ4v) is 2.70. The zero-order valence-electron chi connectivity index (χ0n) is 12.0. The number of hydrogen-bond acceptors (Lipinski definition) is 3. The SMILES string of the molecule is CC1=NN(C(=O)c2ccc(Cl)cc2)[C@@](O)(c2ccccc2)C1. The number of rotatable bonds is 2. The molecule has 0 aromatic heterocycles. The van der Waals surface area contributed by atoms with E-state index in [2.05, 4.69) is 5.10 Å². The molecule has 0 radical (unpaired) electrons. The van der Waals surface area contributed by atoms with Crippen molar-refractivity contribution in [3.05, 3.63) is 70.7 Å². The summed E-state index contributed by atoms with van der Waals surface area (Å²) in [5.41, 5.74) is 0.311. The van der Waals surface area contributed by atoms with Gasteiger partial charge in [-0.25, -0.2) is 0 Å². The summed E-state index contributed by atoms with van der Waals surface area (Å²) in [4.78, 5) is 12.7. The molecule has 1 N–H and O–H groups in total. The van der Waals surface area contributed by atoms with Crippen LogP contribution >= 0.6 is 11.6 Å². The molecule has 1 aliphatic rings. The lowest BCUT2D eigenvalue weighted by molar-refractivity contribution is -0.0765. The summed E-state index contributed by atoms with van der Waals surface area (Å²) < 4.78 is 0. The molecule has 5 heteroatoms. The third-order valence-corrected chi connectivity index (χ3v) is 3.90. The lowest BCUT2D eigenvalue weighted by Gasteiger charge is -2.31. The van der Waals surface area contributed by atoms with E-state index in [4.69, 9.17) is 11.6 Å². The first-order chi connectivity index (χ1) is 10.5. The summed E-state index contributed by atoms with van der Waals surface area (Å²) in [6.07, 6.45) is 0.288. The number of amides is 1. The maximum atomic E-state index is 12.7. The maximum absolute atomic E-state index is 12.7. The summed E-state index contributed by atoms with van der Waals surface area (Å²) in [6.45, 7) is 1.79. The zero-order chi connectivity index (χ0) is 15.7. The topological polar surface area (TPSA) is 52.9 Å². The molecule has 0 unspecified atom stereocenters. The lowest BCUT2D eigenvalue weighted by atomic mass is 9.97. The Labute approximate surface area is 133 Å². The highest BCUT2D eigenvalue weighted by Gasteiger charge is 2.44. The van der Waals surface area contributed by atoms with Crippen molar-refractivity contribution in [2.45, 2.75) is 19.1 Å². The van der Waals surface area contributed by atoms with Crippen LogP contribution in [0.1, 0.15) is 29.3 Å². The summed E-state index contributed by atoms with van der Waals surface area (Å²) in [6, 6.07) is 15.6. The molecule has 1 heterocycles. The van der Waals surface area contributed by atoms with Crippen LogP contribution in [-0.4, -0.2) is 21.7 Å². The molecular formula is C17H15ClN2O2. The molecule has 3 rings (SSSR count). The summed E-state index contributed by atoms with van der Waals surface area (Å²) in [5.74, 6) is -0.361. The van der Waals surface area contributed by atoms with Gasteiger partial charge in [-0.15, -0.1) is 0 Å². The molecule has 0 bridgehead atoms. The van der Waals surface area contributed by atoms with Crippen LogP contribution in [-0.2, 0) is 5.72 Å². The Kier molecular flexibility index (Phi) is 3.72. The molecule has 0 aliphatic carbocycles. The molecule has 112 valence electrons. The predicted molar refractivity (Wildman–Crippen MR) is 85.7 cm³/mol. The number of benzene rings is 2. The highest BCUT2D eigenvalue weighted by Crippen LogP contribution is 2.36. The van der Waals surface area contributed by atoms with Crippen LogP contribution in [0.15, 0.2) is 59.7 Å². The Morgan fingerprint density at radius 1 is 1.18 bits per heavy atom. The zero-order valence-corrected chi connectivity index (χ0v) is 12.8. The number of hydrazone groups is 1. The minimum atomic E-state index is -1.46. The van der Waals surface area contributed by atoms with Crippen molar-refractivity contribution in [3.63, 3.8) is 0 Å². The average molecular weight is 315 g/mol. The maximum Gasteiger partial charge on any atom is 0.276 e. The molecule has 22 heavy (non-hydrogen) atoms. The molecule has 0 fully saturated rings. The van der Waals surface area contributed by atoms with E-state index in [0.717, 1.165) is 5.01 Å². The molecule has 0 saturated heterocycles. The van der Waals surface area contributed by atoms with Crippen LogP contribution in [0, 0.1) is 0 Å². The van der Waals surface area contributed by atoms with Gasteiger partial charge in [-0.2, -0.15) is 10.1 Å². The van der Waals surface area contributed by atoms with Gasteiger partial charge in [0, 0.05) is 28.3 Å². The molecule has 1 atom stereocenters. The van der Waals surface area contributed by atoms with Gasteiger partial charge in [-0.3, -0.25) is 4.79 Å². The lowest BCUT2D eigenvalue weighted by Crippen LogP contribution is -2.43. The number of nitrogens with zero attached hydrogens (tertiary/aromatic N) is 2. The van der Waals surface area contributed by atoms with E-state index < -0.39 is 5.72 Å². The fourth-order valence-electron chi connectivity index (χ4n) is 2.58. The van der Waals surface area contributed by atoms with Crippen molar-refractivity contribution in [3.8, 4) is 0 Å². The standard InChI is InChI=1S/C17H15ClN2O2/c1-12-11-17(22,14-5-3-2-4-6-14)20(19-12)16(21)13-7-9-15(18)10-8-13/h2-10,22H,11H2,1H3/t17-/m0/s1. The Hall–Kier alpha value is -2.17. The molecule has 4 nitrogen and oxygen atoms in total. The average Bonchev–Trinajstić information content (AvgIpc) is 2.84. The van der Waals surface area contributed by atoms with E-state index >= 15 is 0 Å². The van der Waals surface area contributed by atoms with Gasteiger partial charge in [0.25, 0.3) is 5.91 Å². The van der Waals surface area contributed by atoms with Crippen molar-refractivity contribution in [1.29, 1.82) is 0 Å². The van der Waals surface area contributed by atoms with Gasteiger partial charge in [0.2, 0.25) is 0 Å². The second-order valence-electron chi connectivity index (χ2n) is 5.32. The second kappa shape index (κ2) is 5.55. The van der Waals surface area contributed by atoms with Gasteiger partial charge in [-0.05, 0) is 31.2 Å². The molecule has 1 amide bonds. The van der Waals surface area contributed by atoms with Crippen LogP contribution in [0.2, 0.25) is 5.02 Å². The third kappa shape index (κ3) is 2.51. The highest BCUT2D eigenvalue weighted by atomic mass is 35.5. The van der Waals surface area contributed by atoms with Gasteiger partial charge in [0.05, 0.1) is 0 Å². The minimum absolute atomic E-state index is 0.288. The fraction of sp³-hybridized carbons (Fsp3) is 0.176. The number of halogens is 1. The number of hydrogen-bond donors (Lipinski definition) is 1. The van der Waals surface area contributed by atoms with Crippen molar-refractivity contribution in [1.82, 2.24) is 5.01 Å². The van der Waals surface area contributed by atoms with Gasteiger partial charge in [0.15, 0.2) is 5.72 Å². The molecule has 2 aromatic carbocycles. The predicted octanol–water partition coefficient (Wildman–Crippen LogP) is 3.41. The quantitative estimate of drug-likeness (QED) is 0.923. The molecule has 0 spiro atoms. The van der Waals surface area contributed by atoms with Crippen molar-refractivity contribution < 1.29 is 9.90 Å². The highest BCUT2D eigenvalue weighted by molar-refractivity contribution is 6.30. The molecule has 1 aliphatic heterocycles. The van der Waals surface area contributed by atoms with Gasteiger partial charge in [-0.1, -0.05) is 41.9 Å². The van der Waals surface area contributed by atoms with Gasteiger partial charge < -0.3 is 5.11 Å². The number of carbonyl (C=O) groups excluding carboxylic acids is 1. The van der Waals surface area contributed by atoms with Crippen LogP contribution < -0.4 is 0 Å². The first kappa shape index (κ1) is 14.8. The molecule has 0 saturated carbocycles. The van der Waals surface area contributed by atoms with E-state index in [1.165, 1.54) is 0 Å². The van der Waals surface area contributed by atoms with Gasteiger partial charge >= 0.3 is 0 Å². The Balaban J connectivity index is 2.00. The van der Waals surface area contributed by atoms with Crippen molar-refractivity contribution in [2.24, 2.45) is 5.10 Å². The van der Waals surface area contributed by atoms with E-state index in [0.29, 0.717) is 21.9 Å². The molecule has 2 aromatic rings. The Morgan fingerprint density at radius 3 is 2.45 bits per heavy atom. The summed E-state index contributed by atoms with van der Waals surface area (Å²) >= 11 is 5.85. The van der Waals surface area contributed by atoms with Crippen LogP contribution in [0.25, 0.3) is 0 Å². The van der Waals surface area contributed by atoms with E-state index in [1.54, 1.807) is 43.3 Å². The summed E-state index contributed by atoms with van der Waals surface area (Å²) in [7, 11) is 0. The first-order valence-corrected chi connectivity index (χ1v) is 7.30. The summed E-state index contributed by atoms with van der Waals surface area (Å²) in [5, 5.41) is 17.0. The first-order valence-electron chi connectivity index (χ1n) is 6.93. The number of carbonyl (C=O) groups is 1. The second-order valence-corrected chi connectivity index (χ2v) is 5.75. The smallest absolute Gasteiger partial charge is 0.276 e. The largest absolute Gasteiger partial charge is 0.365 e. The number of aliphatic hydroxyl groups is 1. The Morgan fingerprint density at radius 2 is 1.82 bits per heavy atom. The normalized spacial score (nSPS) is 20.9. The monoisotopic (exact) mass is 314 g/mol. The van der Waals surface area contributed by atoms with E-state index in [1.807, 2.05) is 18.2 Å². The van der Waals surface area contributed by atoms with Crippen LogP contribution in [0.4, 0.5) is 0 Å². The van der Waals surface area contributed by atoms with Crippen molar-refractivity contribution in [2.75, 3.05) is 0 Å². The minimum Gasteiger partial charge on any atom is -0.365 e. The molecular weight excluding hydrogens is 300 g/mol. The Bertz CT molecular complexity index is 728. The van der Waals surface area contributed by atoms with E-state index in [9.17, 15) is 9.90 Å². The third-order valence-electron chi connectivity index (χ3n) is 3.64.